The normalized spacial score (nSPS) is 26.6. The lowest BCUT2D eigenvalue weighted by atomic mass is 9.54. The minimum atomic E-state index is -0.411. The zero-order chi connectivity index (χ0) is 31.2. The van der Waals surface area contributed by atoms with Crippen molar-refractivity contribution < 1.29 is 23.6 Å². The van der Waals surface area contributed by atoms with Gasteiger partial charge in [0.1, 0.15) is 18.1 Å². The minimum Gasteiger partial charge on any atom is -0.496 e. The number of rotatable bonds is 9. The number of allylic oxidation sites excluding steroid dienone is 4. The molecule has 1 heterocycles. The lowest BCUT2D eigenvalue weighted by molar-refractivity contribution is -0.112. The number of methoxy groups -OCH3 is 1. The van der Waals surface area contributed by atoms with E-state index in [0.717, 1.165) is 39.7 Å². The van der Waals surface area contributed by atoms with Gasteiger partial charge in [0.15, 0.2) is 5.78 Å². The highest BCUT2D eigenvalue weighted by atomic mass is 35.5. The fourth-order valence-electron chi connectivity index (χ4n) is 7.73. The Kier molecular flexibility index (Phi) is 8.64. The van der Waals surface area contributed by atoms with Gasteiger partial charge in [-0.15, -0.1) is 0 Å². The van der Waals surface area contributed by atoms with Crippen molar-refractivity contribution in [2.45, 2.75) is 84.5 Å². The van der Waals surface area contributed by atoms with Crippen LogP contribution >= 0.6 is 11.6 Å². The molecule has 232 valence electrons. The van der Waals surface area contributed by atoms with Crippen LogP contribution < -0.4 is 10.2 Å². The van der Waals surface area contributed by atoms with E-state index in [9.17, 15) is 4.79 Å². The quantitative estimate of drug-likeness (QED) is 0.123. The lowest BCUT2D eigenvalue weighted by Crippen LogP contribution is -2.41. The average Bonchev–Trinajstić information content (AvgIpc) is 3.19. The second-order valence-electron chi connectivity index (χ2n) is 14.1. The number of benzene rings is 2. The summed E-state index contributed by atoms with van der Waals surface area (Å²) in [6.45, 7) is 10.1. The third-order valence-electron chi connectivity index (χ3n) is 10.5. The Morgan fingerprint density at radius 1 is 0.932 bits per heavy atom. The van der Waals surface area contributed by atoms with Gasteiger partial charge in [-0.25, -0.2) is 0 Å². The van der Waals surface area contributed by atoms with E-state index in [2.05, 4.69) is 33.8 Å². The van der Waals surface area contributed by atoms with Crippen molar-refractivity contribution in [2.75, 3.05) is 7.11 Å². The molecule has 5 aliphatic rings. The van der Waals surface area contributed by atoms with E-state index in [1.165, 1.54) is 50.7 Å². The Morgan fingerprint density at radius 2 is 1.55 bits per heavy atom. The Hall–Kier alpha value is -2.80. The maximum absolute atomic E-state index is 11.4. The van der Waals surface area contributed by atoms with Gasteiger partial charge in [0.05, 0.1) is 23.3 Å². The molecular formula is C37H44BClO5. The summed E-state index contributed by atoms with van der Waals surface area (Å²) in [6, 6.07) is 12.2. The third-order valence-corrected chi connectivity index (χ3v) is 10.8. The van der Waals surface area contributed by atoms with Gasteiger partial charge in [-0.2, -0.15) is 0 Å². The summed E-state index contributed by atoms with van der Waals surface area (Å²) < 4.78 is 25.1. The maximum Gasteiger partial charge on any atom is 0.494 e. The van der Waals surface area contributed by atoms with Crippen LogP contribution in [0.3, 0.4) is 0 Å². The van der Waals surface area contributed by atoms with E-state index < -0.39 is 18.3 Å². The largest absolute Gasteiger partial charge is 0.496 e. The van der Waals surface area contributed by atoms with Gasteiger partial charge < -0.3 is 18.8 Å². The van der Waals surface area contributed by atoms with Gasteiger partial charge in [0.25, 0.3) is 0 Å². The molecule has 7 rings (SSSR count). The molecule has 0 amide bonds. The SMILES string of the molecule is COC(=C1C2CC3CC(C2)CC1C3)c1ccc(/C=C/C=C/C(C)=O)c(OCc2ccc(B3OC(C)(C)C(C)(C)O3)cc2)c1Cl. The number of carbonyl (C=O) groups is 1. The number of carbonyl (C=O) groups excluding carboxylic acids is 1. The van der Waals surface area contributed by atoms with Gasteiger partial charge in [0, 0.05) is 11.1 Å². The molecule has 2 aromatic rings. The lowest BCUT2D eigenvalue weighted by Gasteiger charge is -2.51. The predicted octanol–water partition coefficient (Wildman–Crippen LogP) is 8.19. The Balaban J connectivity index is 1.28. The second kappa shape index (κ2) is 12.2. The van der Waals surface area contributed by atoms with E-state index in [1.807, 2.05) is 42.5 Å². The molecule has 2 aromatic carbocycles. The number of hydrogen-bond acceptors (Lipinski definition) is 5. The summed E-state index contributed by atoms with van der Waals surface area (Å²) >= 11 is 7.22. The Morgan fingerprint density at radius 3 is 2.11 bits per heavy atom. The standard InChI is InChI=1S/C37H44BClO5/c1-23(40)9-7-8-10-27-13-16-31(35(41-6)32-28-18-25-17-26(20-28)21-29(32)19-25)33(39)34(27)42-22-24-11-14-30(15-12-24)38-43-36(2,3)37(4,5)44-38/h7-16,25-26,28-29H,17-22H2,1-6H3/b9-7+,10-8+,35-32?. The van der Waals surface area contributed by atoms with Crippen LogP contribution in [0, 0.1) is 23.7 Å². The van der Waals surface area contributed by atoms with E-state index in [-0.39, 0.29) is 5.78 Å². The van der Waals surface area contributed by atoms with Crippen LogP contribution in [0.4, 0.5) is 0 Å². The van der Waals surface area contributed by atoms with Crippen LogP contribution in [-0.4, -0.2) is 31.2 Å². The van der Waals surface area contributed by atoms with E-state index in [4.69, 9.17) is 30.4 Å². The number of hydrogen-bond donors (Lipinski definition) is 0. The molecule has 0 unspecified atom stereocenters. The van der Waals surface area contributed by atoms with Crippen LogP contribution in [0.25, 0.3) is 11.8 Å². The van der Waals surface area contributed by atoms with Crippen LogP contribution in [0.2, 0.25) is 5.02 Å². The number of ketones is 1. The molecule has 4 saturated carbocycles. The second-order valence-corrected chi connectivity index (χ2v) is 14.5. The minimum absolute atomic E-state index is 0.00416. The van der Waals surface area contributed by atoms with Gasteiger partial charge in [-0.1, -0.05) is 60.2 Å². The Labute approximate surface area is 267 Å². The topological polar surface area (TPSA) is 54.0 Å². The molecule has 4 aliphatic carbocycles. The fourth-order valence-corrected chi connectivity index (χ4v) is 8.04. The van der Waals surface area contributed by atoms with Crippen LogP contribution in [0.1, 0.15) is 83.4 Å². The average molecular weight is 615 g/mol. The smallest absolute Gasteiger partial charge is 0.494 e. The van der Waals surface area contributed by atoms with Gasteiger partial charge in [-0.3, -0.25) is 4.79 Å². The molecule has 0 radical (unpaired) electrons. The summed E-state index contributed by atoms with van der Waals surface area (Å²) in [5.74, 6) is 4.41. The number of ether oxygens (including phenoxy) is 2. The molecular weight excluding hydrogens is 571 g/mol. The van der Waals surface area contributed by atoms with Gasteiger partial charge in [0.2, 0.25) is 0 Å². The summed E-state index contributed by atoms with van der Waals surface area (Å²) in [4.78, 5) is 11.4. The van der Waals surface area contributed by atoms with Crippen molar-refractivity contribution in [3.05, 3.63) is 81.9 Å². The van der Waals surface area contributed by atoms with Crippen molar-refractivity contribution in [3.63, 3.8) is 0 Å². The van der Waals surface area contributed by atoms with Crippen LogP contribution in [0.5, 0.6) is 5.75 Å². The zero-order valence-electron chi connectivity index (χ0n) is 26.8. The first-order valence-corrected chi connectivity index (χ1v) is 16.4. The van der Waals surface area contributed by atoms with E-state index in [0.29, 0.717) is 29.2 Å². The third kappa shape index (κ3) is 6.06. The highest BCUT2D eigenvalue weighted by Crippen LogP contribution is 2.58. The molecule has 4 bridgehead atoms. The molecule has 5 nitrogen and oxygen atoms in total. The number of halogens is 1. The summed E-state index contributed by atoms with van der Waals surface area (Å²) in [6.07, 6.45) is 13.5. The van der Waals surface area contributed by atoms with E-state index in [1.54, 1.807) is 13.2 Å². The van der Waals surface area contributed by atoms with Gasteiger partial charge >= 0.3 is 7.12 Å². The molecule has 1 aliphatic heterocycles. The first-order valence-electron chi connectivity index (χ1n) is 16.0. The Bertz CT molecular complexity index is 1460. The highest BCUT2D eigenvalue weighted by molar-refractivity contribution is 6.62. The highest BCUT2D eigenvalue weighted by Gasteiger charge is 2.51. The first kappa shape index (κ1) is 31.2. The molecule has 0 N–H and O–H groups in total. The molecule has 1 saturated heterocycles. The molecule has 7 heteroatoms. The molecule has 0 spiro atoms. The van der Waals surface area contributed by atoms with Crippen LogP contribution in [-0.2, 0) is 25.4 Å². The van der Waals surface area contributed by atoms with Crippen molar-refractivity contribution in [1.82, 2.24) is 0 Å². The molecule has 0 atom stereocenters. The molecule has 5 fully saturated rings. The van der Waals surface area contributed by atoms with Crippen molar-refractivity contribution in [1.29, 1.82) is 0 Å². The van der Waals surface area contributed by atoms with Crippen molar-refractivity contribution in [3.8, 4) is 5.75 Å². The monoisotopic (exact) mass is 614 g/mol. The predicted molar refractivity (Wildman–Crippen MR) is 178 cm³/mol. The van der Waals surface area contributed by atoms with E-state index >= 15 is 0 Å². The first-order chi connectivity index (χ1) is 21.0. The fraction of sp³-hybridized carbons (Fsp3) is 0.486. The summed E-state index contributed by atoms with van der Waals surface area (Å²) in [7, 11) is 1.36. The van der Waals surface area contributed by atoms with Crippen LogP contribution in [0.15, 0.2) is 60.2 Å². The molecule has 0 aromatic heterocycles. The van der Waals surface area contributed by atoms with Crippen molar-refractivity contribution >= 4 is 41.8 Å². The summed E-state index contributed by atoms with van der Waals surface area (Å²) in [5, 5.41) is 0.551. The van der Waals surface area contributed by atoms with Crippen molar-refractivity contribution in [2.24, 2.45) is 23.7 Å². The van der Waals surface area contributed by atoms with Gasteiger partial charge in [-0.05, 0) is 119 Å². The maximum atomic E-state index is 11.4. The zero-order valence-corrected chi connectivity index (χ0v) is 27.6. The summed E-state index contributed by atoms with van der Waals surface area (Å²) in [5.41, 5.74) is 4.38. The molecule has 44 heavy (non-hydrogen) atoms.